The molecule has 0 saturated heterocycles. The Morgan fingerprint density at radius 1 is 1.18 bits per heavy atom. The van der Waals surface area contributed by atoms with E-state index in [1.54, 1.807) is 6.07 Å². The van der Waals surface area contributed by atoms with Crippen molar-refractivity contribution < 1.29 is 4.74 Å². The summed E-state index contributed by atoms with van der Waals surface area (Å²) in [4.78, 5) is 4.16. The summed E-state index contributed by atoms with van der Waals surface area (Å²) in [5.74, 6) is 2.09. The van der Waals surface area contributed by atoms with Crippen molar-refractivity contribution in [2.75, 3.05) is 17.7 Å². The van der Waals surface area contributed by atoms with E-state index in [1.807, 2.05) is 43.3 Å². The molecule has 0 fully saturated rings. The molecule has 0 saturated carbocycles. The third-order valence-electron chi connectivity index (χ3n) is 2.21. The van der Waals surface area contributed by atoms with E-state index in [-0.39, 0.29) is 0 Å². The second-order valence-electron chi connectivity index (χ2n) is 3.53. The van der Waals surface area contributed by atoms with Gasteiger partial charge in [0.1, 0.15) is 17.4 Å². The van der Waals surface area contributed by atoms with E-state index in [0.717, 1.165) is 17.3 Å². The van der Waals surface area contributed by atoms with Crippen LogP contribution in [0, 0.1) is 0 Å². The zero-order chi connectivity index (χ0) is 12.1. The molecule has 0 amide bonds. The molecule has 2 rings (SSSR count). The molecule has 2 aromatic rings. The van der Waals surface area contributed by atoms with Crippen molar-refractivity contribution in [2.45, 2.75) is 6.92 Å². The lowest BCUT2D eigenvalue weighted by Crippen LogP contribution is -1.97. The lowest BCUT2D eigenvalue weighted by atomic mass is 10.3. The lowest BCUT2D eigenvalue weighted by molar-refractivity contribution is 0.340. The maximum Gasteiger partial charge on any atom is 0.132 e. The number of anilines is 3. The molecule has 0 aliphatic rings. The molecular formula is C13H15N3O. The zero-order valence-electron chi connectivity index (χ0n) is 9.68. The predicted octanol–water partition coefficient (Wildman–Crippen LogP) is 2.81. The predicted molar refractivity (Wildman–Crippen MR) is 69.5 cm³/mol. The summed E-state index contributed by atoms with van der Waals surface area (Å²) in [6, 6.07) is 13.2. The lowest BCUT2D eigenvalue weighted by Gasteiger charge is -2.07. The summed E-state index contributed by atoms with van der Waals surface area (Å²) < 4.78 is 5.37. The standard InChI is InChI=1S/C13H15N3O/c1-2-17-11-8-6-10(7-9-11)15-13-5-3-4-12(14)16-13/h3-9H,2H2,1H3,(H3,14,15,16). The number of aromatic nitrogens is 1. The zero-order valence-corrected chi connectivity index (χ0v) is 9.68. The van der Waals surface area contributed by atoms with Gasteiger partial charge in [-0.3, -0.25) is 0 Å². The van der Waals surface area contributed by atoms with Crippen molar-refractivity contribution in [3.63, 3.8) is 0 Å². The Kier molecular flexibility index (Phi) is 3.45. The number of nitrogens with one attached hydrogen (secondary N) is 1. The summed E-state index contributed by atoms with van der Waals surface area (Å²) in [7, 11) is 0. The first-order chi connectivity index (χ1) is 8.28. The first-order valence-electron chi connectivity index (χ1n) is 5.50. The number of pyridine rings is 1. The van der Waals surface area contributed by atoms with Crippen LogP contribution in [0.3, 0.4) is 0 Å². The topological polar surface area (TPSA) is 60.2 Å². The fourth-order valence-corrected chi connectivity index (χ4v) is 1.47. The van der Waals surface area contributed by atoms with Crippen LogP contribution < -0.4 is 15.8 Å². The molecule has 1 heterocycles. The van der Waals surface area contributed by atoms with Gasteiger partial charge >= 0.3 is 0 Å². The summed E-state index contributed by atoms with van der Waals surface area (Å²) in [6.07, 6.45) is 0. The van der Waals surface area contributed by atoms with Crippen LogP contribution in [0.15, 0.2) is 42.5 Å². The van der Waals surface area contributed by atoms with Crippen molar-refractivity contribution in [1.82, 2.24) is 4.98 Å². The van der Waals surface area contributed by atoms with Crippen molar-refractivity contribution in [3.8, 4) is 5.75 Å². The van der Waals surface area contributed by atoms with Gasteiger partial charge in [-0.1, -0.05) is 6.07 Å². The summed E-state index contributed by atoms with van der Waals surface area (Å²) in [6.45, 7) is 2.63. The van der Waals surface area contributed by atoms with Crippen LogP contribution >= 0.6 is 0 Å². The van der Waals surface area contributed by atoms with Gasteiger partial charge in [-0.15, -0.1) is 0 Å². The Balaban J connectivity index is 2.08. The van der Waals surface area contributed by atoms with Crippen molar-refractivity contribution in [1.29, 1.82) is 0 Å². The molecule has 0 unspecified atom stereocenters. The van der Waals surface area contributed by atoms with Crippen LogP contribution in [0.4, 0.5) is 17.3 Å². The maximum absolute atomic E-state index is 5.60. The quantitative estimate of drug-likeness (QED) is 0.846. The van der Waals surface area contributed by atoms with Crippen LogP contribution in [-0.4, -0.2) is 11.6 Å². The largest absolute Gasteiger partial charge is 0.494 e. The van der Waals surface area contributed by atoms with Gasteiger partial charge in [-0.2, -0.15) is 0 Å². The molecule has 0 aliphatic heterocycles. The van der Waals surface area contributed by atoms with Gasteiger partial charge in [0.05, 0.1) is 6.61 Å². The van der Waals surface area contributed by atoms with Crippen molar-refractivity contribution in [2.24, 2.45) is 0 Å². The minimum atomic E-state index is 0.501. The van der Waals surface area contributed by atoms with Crippen LogP contribution in [-0.2, 0) is 0 Å². The highest BCUT2D eigenvalue weighted by molar-refractivity contribution is 5.58. The highest BCUT2D eigenvalue weighted by atomic mass is 16.5. The van der Waals surface area contributed by atoms with E-state index >= 15 is 0 Å². The molecule has 4 heteroatoms. The molecule has 1 aromatic carbocycles. The minimum Gasteiger partial charge on any atom is -0.494 e. The van der Waals surface area contributed by atoms with Gasteiger partial charge < -0.3 is 15.8 Å². The second kappa shape index (κ2) is 5.21. The Bertz CT molecular complexity index is 482. The molecule has 0 spiro atoms. The van der Waals surface area contributed by atoms with Gasteiger partial charge in [-0.05, 0) is 43.3 Å². The fourth-order valence-electron chi connectivity index (χ4n) is 1.47. The summed E-state index contributed by atoms with van der Waals surface area (Å²) in [5.41, 5.74) is 6.56. The molecule has 17 heavy (non-hydrogen) atoms. The minimum absolute atomic E-state index is 0.501. The molecule has 0 radical (unpaired) electrons. The van der Waals surface area contributed by atoms with Crippen LogP contribution in [0.25, 0.3) is 0 Å². The molecule has 3 N–H and O–H groups in total. The third-order valence-corrected chi connectivity index (χ3v) is 2.21. The monoisotopic (exact) mass is 229 g/mol. The Morgan fingerprint density at radius 2 is 1.94 bits per heavy atom. The highest BCUT2D eigenvalue weighted by Crippen LogP contribution is 2.19. The van der Waals surface area contributed by atoms with Gasteiger partial charge in [0.2, 0.25) is 0 Å². The van der Waals surface area contributed by atoms with E-state index in [0.29, 0.717) is 12.4 Å². The highest BCUT2D eigenvalue weighted by Gasteiger charge is 1.97. The maximum atomic E-state index is 5.60. The number of hydrogen-bond donors (Lipinski definition) is 2. The van der Waals surface area contributed by atoms with E-state index in [4.69, 9.17) is 10.5 Å². The number of nitrogen functional groups attached to an aromatic ring is 1. The normalized spacial score (nSPS) is 9.94. The number of nitrogens with zero attached hydrogens (tertiary/aromatic N) is 1. The van der Waals surface area contributed by atoms with Crippen LogP contribution in [0.2, 0.25) is 0 Å². The molecule has 0 bridgehead atoms. The number of ether oxygens (including phenoxy) is 1. The average molecular weight is 229 g/mol. The van der Waals surface area contributed by atoms with Gasteiger partial charge in [0.25, 0.3) is 0 Å². The number of hydrogen-bond acceptors (Lipinski definition) is 4. The molecule has 4 nitrogen and oxygen atoms in total. The molecule has 0 atom stereocenters. The Hall–Kier alpha value is -2.23. The molecule has 0 aliphatic carbocycles. The van der Waals surface area contributed by atoms with E-state index < -0.39 is 0 Å². The number of nitrogens with two attached hydrogens (primary N) is 1. The third kappa shape index (κ3) is 3.11. The molecule has 88 valence electrons. The van der Waals surface area contributed by atoms with E-state index in [9.17, 15) is 0 Å². The summed E-state index contributed by atoms with van der Waals surface area (Å²) >= 11 is 0. The van der Waals surface area contributed by atoms with E-state index in [2.05, 4.69) is 10.3 Å². The van der Waals surface area contributed by atoms with Gasteiger partial charge in [0.15, 0.2) is 0 Å². The number of benzene rings is 1. The van der Waals surface area contributed by atoms with Crippen molar-refractivity contribution in [3.05, 3.63) is 42.5 Å². The van der Waals surface area contributed by atoms with Crippen LogP contribution in [0.5, 0.6) is 5.75 Å². The first kappa shape index (κ1) is 11.3. The number of rotatable bonds is 4. The molecule has 1 aromatic heterocycles. The van der Waals surface area contributed by atoms with Crippen LogP contribution in [0.1, 0.15) is 6.92 Å². The average Bonchev–Trinajstić information content (AvgIpc) is 2.32. The van der Waals surface area contributed by atoms with Gasteiger partial charge in [0, 0.05) is 5.69 Å². The van der Waals surface area contributed by atoms with Gasteiger partial charge in [-0.25, -0.2) is 4.98 Å². The Labute approximate surface area is 100 Å². The van der Waals surface area contributed by atoms with E-state index in [1.165, 1.54) is 0 Å². The summed E-state index contributed by atoms with van der Waals surface area (Å²) in [5, 5.41) is 3.17. The molecular weight excluding hydrogens is 214 g/mol. The first-order valence-corrected chi connectivity index (χ1v) is 5.50. The SMILES string of the molecule is CCOc1ccc(Nc2cccc(N)n2)cc1. The Morgan fingerprint density at radius 3 is 2.59 bits per heavy atom. The van der Waals surface area contributed by atoms with Crippen molar-refractivity contribution >= 4 is 17.3 Å². The second-order valence-corrected chi connectivity index (χ2v) is 3.53. The fraction of sp³-hybridized carbons (Fsp3) is 0.154. The smallest absolute Gasteiger partial charge is 0.132 e.